The zero-order chi connectivity index (χ0) is 47.5. The van der Waals surface area contributed by atoms with E-state index in [4.69, 9.17) is 5.11 Å². The molecule has 4 aromatic heterocycles. The normalized spacial score (nSPS) is 16.3. The van der Waals surface area contributed by atoms with Gasteiger partial charge in [-0.3, -0.25) is 34.0 Å². The van der Waals surface area contributed by atoms with E-state index in [1.165, 1.54) is 29.5 Å². The molecule has 2 aliphatic rings. The van der Waals surface area contributed by atoms with Crippen LogP contribution < -0.4 is 25.9 Å². The summed E-state index contributed by atoms with van der Waals surface area (Å²) in [5.41, 5.74) is 6.02. The Balaban J connectivity index is 0.000000203. The monoisotopic (exact) mass is 1080 g/mol. The van der Waals surface area contributed by atoms with E-state index < -0.39 is 26.0 Å². The van der Waals surface area contributed by atoms with Crippen LogP contribution in [0.3, 0.4) is 0 Å². The zero-order valence-corrected chi connectivity index (χ0v) is 41.3. The maximum absolute atomic E-state index is 13.6. The summed E-state index contributed by atoms with van der Waals surface area (Å²) in [6, 6.07) is 12.9. The second-order valence-corrected chi connectivity index (χ2v) is 21.3. The average Bonchev–Trinajstić information content (AvgIpc) is 3.88. The molecular weight excluding hydrogens is 1020 g/mol. The minimum atomic E-state index is -3.56. The van der Waals surface area contributed by atoms with Gasteiger partial charge in [0.05, 0.1) is 52.4 Å². The topological polar surface area (TPSA) is 262 Å². The molecule has 6 N–H and O–H groups in total. The van der Waals surface area contributed by atoms with Crippen molar-refractivity contribution in [3.8, 4) is 0 Å². The van der Waals surface area contributed by atoms with Crippen molar-refractivity contribution in [2.45, 2.75) is 85.7 Å². The number of carboxylic acids is 1. The standard InChI is InChI=1S/C21H24BrN5O4S.C13H18N4O.C8H8BrNO4S.CH4/c1-12-13(2)23-19-11-17(24-27(19)20(12)28)18-6-4-5-9-26(18)21(29)15-10-14(22)7-8-16(15)25-32(3,30)31;1-8-9(2)15-12-7-11(16-17(12)13(8)18)10-5-3-4-6-14-10;1-15(13,14)10-7-3-2-5(9)4-6(7)8(11)12;/h7-8,10-11,18,24-25H,4-6,9H2,1-3H3;7,10,14,16H,3-6H2,1-2H3;2-4,10H,1H3,(H,11,12);1H4/t18-;10-;;/m00../s1. The van der Waals surface area contributed by atoms with Crippen molar-refractivity contribution in [3.63, 3.8) is 0 Å². The number of hydrogen-bond donors (Lipinski definition) is 6. The molecule has 0 aliphatic carbocycles. The van der Waals surface area contributed by atoms with Crippen LogP contribution in [0.1, 0.15) is 113 Å². The van der Waals surface area contributed by atoms with Crippen molar-refractivity contribution in [1.29, 1.82) is 0 Å². The molecule has 2 saturated heterocycles. The first-order valence-electron chi connectivity index (χ1n) is 20.5. The van der Waals surface area contributed by atoms with Crippen LogP contribution in [-0.4, -0.2) is 93.5 Å². The lowest BCUT2D eigenvalue weighted by atomic mass is 9.98. The molecule has 2 fully saturated rings. The molecule has 1 amide bonds. The Labute approximate surface area is 399 Å². The van der Waals surface area contributed by atoms with E-state index in [0.29, 0.717) is 56.1 Å². The fourth-order valence-corrected chi connectivity index (χ4v) is 9.44. The molecule has 0 unspecified atom stereocenters. The number of hydrogen-bond acceptors (Lipinski definition) is 11. The smallest absolute Gasteiger partial charge is 0.337 e. The highest BCUT2D eigenvalue weighted by atomic mass is 79.9. The number of anilines is 2. The number of sulfonamides is 2. The third-order valence-electron chi connectivity index (χ3n) is 11.0. The van der Waals surface area contributed by atoms with Crippen LogP contribution in [0.2, 0.25) is 0 Å². The first-order valence-corrected chi connectivity index (χ1v) is 25.9. The third-order valence-corrected chi connectivity index (χ3v) is 13.2. The molecule has 0 bridgehead atoms. The second-order valence-electron chi connectivity index (χ2n) is 16.0. The van der Waals surface area contributed by atoms with Gasteiger partial charge in [-0.25, -0.2) is 40.6 Å². The van der Waals surface area contributed by atoms with Gasteiger partial charge in [0.2, 0.25) is 20.0 Å². The van der Waals surface area contributed by atoms with Crippen molar-refractivity contribution in [2.75, 3.05) is 35.0 Å². The van der Waals surface area contributed by atoms with Crippen LogP contribution in [0.25, 0.3) is 11.3 Å². The van der Waals surface area contributed by atoms with Crippen molar-refractivity contribution < 1.29 is 31.5 Å². The number of H-pyrrole nitrogens is 2. The molecule has 19 nitrogen and oxygen atoms in total. The van der Waals surface area contributed by atoms with Crippen LogP contribution in [0.5, 0.6) is 0 Å². The van der Waals surface area contributed by atoms with Crippen molar-refractivity contribution >= 4 is 86.5 Å². The minimum absolute atomic E-state index is 0. The van der Waals surface area contributed by atoms with Crippen LogP contribution in [-0.2, 0) is 20.0 Å². The summed E-state index contributed by atoms with van der Waals surface area (Å²) >= 11 is 6.48. The molecule has 2 atom stereocenters. The molecule has 6 aromatic rings. The maximum atomic E-state index is 13.6. The predicted molar refractivity (Wildman–Crippen MR) is 262 cm³/mol. The van der Waals surface area contributed by atoms with Crippen LogP contribution >= 0.6 is 31.9 Å². The molecular formula is C43H54Br2N10O9S2. The Bertz CT molecular complexity index is 3140. The lowest BCUT2D eigenvalue weighted by Crippen LogP contribution is -2.39. The fraction of sp³-hybridized carbons (Fsp3) is 0.395. The Kier molecular flexibility index (Phi) is 16.5. The quantitative estimate of drug-likeness (QED) is 0.0925. The fourth-order valence-electron chi connectivity index (χ4n) is 7.56. The summed E-state index contributed by atoms with van der Waals surface area (Å²) in [7, 11) is -7.04. The molecule has 8 rings (SSSR count). The lowest BCUT2D eigenvalue weighted by Gasteiger charge is -2.35. The first-order chi connectivity index (χ1) is 30.5. The van der Waals surface area contributed by atoms with Gasteiger partial charge >= 0.3 is 5.97 Å². The van der Waals surface area contributed by atoms with E-state index in [-0.39, 0.29) is 53.0 Å². The van der Waals surface area contributed by atoms with Gasteiger partial charge in [0.15, 0.2) is 11.3 Å². The summed E-state index contributed by atoms with van der Waals surface area (Å²) < 4.78 is 54.3. The van der Waals surface area contributed by atoms with Crippen LogP contribution in [0.15, 0.2) is 67.1 Å². The van der Waals surface area contributed by atoms with Crippen molar-refractivity contribution in [1.82, 2.24) is 39.4 Å². The van der Waals surface area contributed by atoms with Gasteiger partial charge in [-0.1, -0.05) is 45.7 Å². The number of carboxylic acid groups (broad SMARTS) is 1. The molecule has 0 radical (unpaired) electrons. The number of likely N-dealkylation sites (tertiary alicyclic amines) is 1. The first kappa shape index (κ1) is 51.6. The Morgan fingerprint density at radius 1 is 0.712 bits per heavy atom. The Morgan fingerprint density at radius 2 is 1.20 bits per heavy atom. The zero-order valence-electron chi connectivity index (χ0n) is 36.5. The highest BCUT2D eigenvalue weighted by Gasteiger charge is 2.32. The summed E-state index contributed by atoms with van der Waals surface area (Å²) in [5, 5.41) is 18.6. The van der Waals surface area contributed by atoms with Gasteiger partial charge in [0, 0.05) is 56.2 Å². The van der Waals surface area contributed by atoms with E-state index in [0.717, 1.165) is 55.4 Å². The van der Waals surface area contributed by atoms with E-state index in [1.807, 2.05) is 19.9 Å². The third kappa shape index (κ3) is 12.3. The predicted octanol–water partition coefficient (Wildman–Crippen LogP) is 6.75. The van der Waals surface area contributed by atoms with Crippen LogP contribution in [0, 0.1) is 27.7 Å². The van der Waals surface area contributed by atoms with E-state index in [9.17, 15) is 36.0 Å². The molecule has 0 saturated carbocycles. The molecule has 66 heavy (non-hydrogen) atoms. The second kappa shape index (κ2) is 21.1. The summed E-state index contributed by atoms with van der Waals surface area (Å²) in [5.74, 6) is -1.48. The van der Waals surface area contributed by atoms with E-state index in [1.54, 1.807) is 53.6 Å². The summed E-state index contributed by atoms with van der Waals surface area (Å²) in [6.45, 7) is 8.78. The number of nitrogens with zero attached hydrogens (tertiary/aromatic N) is 5. The number of carbonyl (C=O) groups is 2. The number of aryl methyl sites for hydroxylation is 2. The molecule has 356 valence electrons. The number of carbonyl (C=O) groups excluding carboxylic acids is 1. The molecule has 2 aromatic carbocycles. The average molecular weight is 1080 g/mol. The van der Waals surface area contributed by atoms with Gasteiger partial charge in [-0.05, 0) is 103 Å². The molecule has 0 spiro atoms. The number of halogens is 2. The van der Waals surface area contributed by atoms with E-state index >= 15 is 0 Å². The van der Waals surface area contributed by atoms with E-state index in [2.05, 4.69) is 66.8 Å². The largest absolute Gasteiger partial charge is 0.478 e. The number of aromatic nitrogens is 6. The SMILES string of the molecule is C.CS(=O)(=O)Nc1ccc(Br)cc1C(=O)O.Cc1nc2cc([C@@H]3CCCCN3)[nH]n2c(=O)c1C.Cc1nc2cc([C@@H]3CCCCN3C(=O)c3cc(Br)ccc3NS(C)(=O)=O)[nH]n2c(=O)c1C. The lowest BCUT2D eigenvalue weighted by molar-refractivity contribution is 0.0606. The minimum Gasteiger partial charge on any atom is -0.478 e. The highest BCUT2D eigenvalue weighted by Crippen LogP contribution is 2.34. The Morgan fingerprint density at radius 3 is 1.70 bits per heavy atom. The Hall–Kier alpha value is -5.36. The molecule has 23 heteroatoms. The van der Waals surface area contributed by atoms with Gasteiger partial charge < -0.3 is 15.3 Å². The van der Waals surface area contributed by atoms with Gasteiger partial charge in [-0.15, -0.1) is 0 Å². The molecule has 2 aliphatic heterocycles. The van der Waals surface area contributed by atoms with Gasteiger partial charge in [-0.2, -0.15) is 0 Å². The summed E-state index contributed by atoms with van der Waals surface area (Å²) in [6.07, 6.45) is 8.06. The van der Waals surface area contributed by atoms with Crippen molar-refractivity contribution in [3.05, 3.63) is 123 Å². The summed E-state index contributed by atoms with van der Waals surface area (Å²) in [4.78, 5) is 59.8. The van der Waals surface area contributed by atoms with Gasteiger partial charge in [0.25, 0.3) is 17.0 Å². The van der Waals surface area contributed by atoms with Gasteiger partial charge in [0.1, 0.15) is 0 Å². The number of aromatic carboxylic acids is 1. The molecule has 6 heterocycles. The number of benzene rings is 2. The number of fused-ring (bicyclic) bond motifs is 2. The number of piperidine rings is 2. The number of nitrogens with one attached hydrogen (secondary N) is 5. The maximum Gasteiger partial charge on any atom is 0.337 e. The number of aromatic amines is 2. The number of rotatable bonds is 8. The van der Waals surface area contributed by atoms with Crippen LogP contribution in [0.4, 0.5) is 11.4 Å². The highest BCUT2D eigenvalue weighted by molar-refractivity contribution is 9.10. The number of amides is 1. The van der Waals surface area contributed by atoms with Crippen molar-refractivity contribution in [2.24, 2.45) is 0 Å².